The molecule has 0 aliphatic carbocycles. The highest BCUT2D eigenvalue weighted by atomic mass is 16.5. The van der Waals surface area contributed by atoms with Gasteiger partial charge in [-0.2, -0.15) is 0 Å². The van der Waals surface area contributed by atoms with Crippen LogP contribution in [-0.4, -0.2) is 30.9 Å². The molecule has 0 aromatic heterocycles. The number of hydrogen-bond donors (Lipinski definition) is 0. The van der Waals surface area contributed by atoms with E-state index in [4.69, 9.17) is 4.74 Å². The summed E-state index contributed by atoms with van der Waals surface area (Å²) in [5, 5.41) is 0. The van der Waals surface area contributed by atoms with E-state index in [-0.39, 0.29) is 11.8 Å². The normalized spacial score (nSPS) is 18.3. The number of benzene rings is 1. The Morgan fingerprint density at radius 3 is 2.61 bits per heavy atom. The van der Waals surface area contributed by atoms with Crippen LogP contribution in [0.4, 0.5) is 0 Å². The summed E-state index contributed by atoms with van der Waals surface area (Å²) in [6.45, 7) is 3.71. The summed E-state index contributed by atoms with van der Waals surface area (Å²) in [7, 11) is 1.66. The van der Waals surface area contributed by atoms with Crippen molar-refractivity contribution in [2.45, 2.75) is 32.2 Å². The second-order valence-corrected chi connectivity index (χ2v) is 4.89. The van der Waals surface area contributed by atoms with Crippen molar-refractivity contribution in [2.24, 2.45) is 0 Å². The summed E-state index contributed by atoms with van der Waals surface area (Å²) in [6, 6.07) is 7.75. The van der Waals surface area contributed by atoms with E-state index in [0.717, 1.165) is 24.4 Å². The van der Waals surface area contributed by atoms with Gasteiger partial charge >= 0.3 is 0 Å². The number of rotatable bonds is 4. The highest BCUT2D eigenvalue weighted by Crippen LogP contribution is 2.27. The maximum absolute atomic E-state index is 12.0. The van der Waals surface area contributed by atoms with Gasteiger partial charge in [0.05, 0.1) is 13.2 Å². The number of carbonyl (C=O) groups excluding carboxylic acids is 1. The lowest BCUT2D eigenvalue weighted by atomic mass is 9.98. The number of piperidine rings is 1. The lowest BCUT2D eigenvalue weighted by molar-refractivity contribution is -0.122. The Balaban J connectivity index is 2.25. The van der Waals surface area contributed by atoms with Crippen LogP contribution >= 0.6 is 0 Å². The minimum Gasteiger partial charge on any atom is -0.497 e. The smallest absolute Gasteiger partial charge is 0.151 e. The van der Waals surface area contributed by atoms with Crippen molar-refractivity contribution in [3.8, 4) is 5.75 Å². The van der Waals surface area contributed by atoms with E-state index < -0.39 is 0 Å². The van der Waals surface area contributed by atoms with Crippen LogP contribution in [0.25, 0.3) is 0 Å². The number of ether oxygens (including phenoxy) is 1. The fourth-order valence-corrected chi connectivity index (χ4v) is 2.69. The van der Waals surface area contributed by atoms with Gasteiger partial charge in [-0.15, -0.1) is 0 Å². The standard InChI is InChI=1S/C15H21NO2/c1-12(17)15(16-9-4-3-5-10-16)13-7-6-8-14(11-13)18-2/h6-8,11,15H,3-5,9-10H2,1-2H3. The molecule has 1 heterocycles. The topological polar surface area (TPSA) is 29.5 Å². The van der Waals surface area contributed by atoms with Gasteiger partial charge in [-0.05, 0) is 50.6 Å². The number of carbonyl (C=O) groups is 1. The molecule has 2 rings (SSSR count). The molecular weight excluding hydrogens is 226 g/mol. The van der Waals surface area contributed by atoms with Crippen molar-refractivity contribution in [1.29, 1.82) is 0 Å². The molecule has 3 heteroatoms. The molecule has 0 radical (unpaired) electrons. The Morgan fingerprint density at radius 2 is 2.00 bits per heavy atom. The van der Waals surface area contributed by atoms with Gasteiger partial charge in [0.1, 0.15) is 5.75 Å². The number of likely N-dealkylation sites (tertiary alicyclic amines) is 1. The van der Waals surface area contributed by atoms with Crippen molar-refractivity contribution in [2.75, 3.05) is 20.2 Å². The van der Waals surface area contributed by atoms with Gasteiger partial charge in [-0.1, -0.05) is 18.6 Å². The molecule has 0 bridgehead atoms. The summed E-state index contributed by atoms with van der Waals surface area (Å²) in [5.41, 5.74) is 1.05. The van der Waals surface area contributed by atoms with E-state index in [2.05, 4.69) is 4.90 Å². The molecule has 1 atom stereocenters. The molecule has 18 heavy (non-hydrogen) atoms. The van der Waals surface area contributed by atoms with Crippen LogP contribution in [0.3, 0.4) is 0 Å². The van der Waals surface area contributed by atoms with E-state index in [1.807, 2.05) is 24.3 Å². The second-order valence-electron chi connectivity index (χ2n) is 4.89. The van der Waals surface area contributed by atoms with Gasteiger partial charge in [0.2, 0.25) is 0 Å². The molecular formula is C15H21NO2. The van der Waals surface area contributed by atoms with E-state index in [1.165, 1.54) is 19.3 Å². The third kappa shape index (κ3) is 2.91. The Labute approximate surface area is 109 Å². The number of methoxy groups -OCH3 is 1. The van der Waals surface area contributed by atoms with Crippen molar-refractivity contribution in [3.05, 3.63) is 29.8 Å². The quantitative estimate of drug-likeness (QED) is 0.819. The molecule has 0 saturated carbocycles. The van der Waals surface area contributed by atoms with Crippen LogP contribution in [0.1, 0.15) is 37.8 Å². The molecule has 1 unspecified atom stereocenters. The van der Waals surface area contributed by atoms with Gasteiger partial charge in [-0.3, -0.25) is 9.69 Å². The zero-order valence-corrected chi connectivity index (χ0v) is 11.2. The maximum atomic E-state index is 12.0. The molecule has 1 aliphatic rings. The summed E-state index contributed by atoms with van der Waals surface area (Å²) in [5.74, 6) is 1.03. The third-order valence-electron chi connectivity index (χ3n) is 3.55. The lowest BCUT2D eigenvalue weighted by Gasteiger charge is -2.33. The highest BCUT2D eigenvalue weighted by molar-refractivity contribution is 5.83. The van der Waals surface area contributed by atoms with Crippen molar-refractivity contribution < 1.29 is 9.53 Å². The minimum absolute atomic E-state index is 0.111. The molecule has 3 nitrogen and oxygen atoms in total. The predicted molar refractivity (Wildman–Crippen MR) is 71.8 cm³/mol. The number of nitrogens with zero attached hydrogens (tertiary/aromatic N) is 1. The summed E-state index contributed by atoms with van der Waals surface area (Å²) >= 11 is 0. The van der Waals surface area contributed by atoms with Crippen LogP contribution in [-0.2, 0) is 4.79 Å². The molecule has 1 aliphatic heterocycles. The lowest BCUT2D eigenvalue weighted by Crippen LogP contribution is -2.37. The van der Waals surface area contributed by atoms with Crippen LogP contribution < -0.4 is 4.74 Å². The maximum Gasteiger partial charge on any atom is 0.151 e. The Morgan fingerprint density at radius 1 is 1.28 bits per heavy atom. The van der Waals surface area contributed by atoms with Crippen LogP contribution in [0, 0.1) is 0 Å². The van der Waals surface area contributed by atoms with Crippen LogP contribution in [0.2, 0.25) is 0 Å². The van der Waals surface area contributed by atoms with Gasteiger partial charge in [0.15, 0.2) is 5.78 Å². The van der Waals surface area contributed by atoms with Gasteiger partial charge in [0.25, 0.3) is 0 Å². The first-order valence-electron chi connectivity index (χ1n) is 6.61. The Kier molecular flexibility index (Phi) is 4.37. The average molecular weight is 247 g/mol. The third-order valence-corrected chi connectivity index (χ3v) is 3.55. The zero-order valence-electron chi connectivity index (χ0n) is 11.2. The van der Waals surface area contributed by atoms with Crippen molar-refractivity contribution in [3.63, 3.8) is 0 Å². The zero-order chi connectivity index (χ0) is 13.0. The summed E-state index contributed by atoms with van der Waals surface area (Å²) < 4.78 is 5.24. The fraction of sp³-hybridized carbons (Fsp3) is 0.533. The molecule has 1 aromatic carbocycles. The van der Waals surface area contributed by atoms with E-state index in [0.29, 0.717) is 0 Å². The number of ketones is 1. The van der Waals surface area contributed by atoms with Crippen molar-refractivity contribution >= 4 is 5.78 Å². The van der Waals surface area contributed by atoms with E-state index in [9.17, 15) is 4.79 Å². The monoisotopic (exact) mass is 247 g/mol. The predicted octanol–water partition coefficient (Wildman–Crippen LogP) is 2.81. The molecule has 0 amide bonds. The molecule has 1 aromatic rings. The number of hydrogen-bond acceptors (Lipinski definition) is 3. The second kappa shape index (κ2) is 6.01. The molecule has 1 saturated heterocycles. The molecule has 98 valence electrons. The van der Waals surface area contributed by atoms with Gasteiger partial charge < -0.3 is 4.74 Å². The molecule has 0 spiro atoms. The molecule has 1 fully saturated rings. The first-order chi connectivity index (χ1) is 8.72. The largest absolute Gasteiger partial charge is 0.497 e. The first-order valence-corrected chi connectivity index (χ1v) is 6.61. The number of Topliss-reactive ketones (excluding diaryl/α,β-unsaturated/α-hetero) is 1. The van der Waals surface area contributed by atoms with E-state index >= 15 is 0 Å². The van der Waals surface area contributed by atoms with Gasteiger partial charge in [-0.25, -0.2) is 0 Å². The van der Waals surface area contributed by atoms with Crippen LogP contribution in [0.5, 0.6) is 5.75 Å². The fourth-order valence-electron chi connectivity index (χ4n) is 2.69. The minimum atomic E-state index is -0.111. The van der Waals surface area contributed by atoms with Gasteiger partial charge in [0, 0.05) is 0 Å². The van der Waals surface area contributed by atoms with E-state index in [1.54, 1.807) is 14.0 Å². The van der Waals surface area contributed by atoms with Crippen LogP contribution in [0.15, 0.2) is 24.3 Å². The summed E-state index contributed by atoms with van der Waals surface area (Å²) in [6.07, 6.45) is 3.65. The highest BCUT2D eigenvalue weighted by Gasteiger charge is 2.26. The van der Waals surface area contributed by atoms with Crippen molar-refractivity contribution in [1.82, 2.24) is 4.90 Å². The Hall–Kier alpha value is -1.35. The summed E-state index contributed by atoms with van der Waals surface area (Å²) in [4.78, 5) is 14.3. The molecule has 0 N–H and O–H groups in total. The SMILES string of the molecule is COc1cccc(C(C(C)=O)N2CCCCC2)c1. The first kappa shape index (κ1) is 13.1. The Bertz CT molecular complexity index is 411. The average Bonchev–Trinajstić information content (AvgIpc) is 2.40.